The van der Waals surface area contributed by atoms with Gasteiger partial charge >= 0.3 is 0 Å². The minimum Gasteiger partial charge on any atom is -0.497 e. The molecule has 3 aromatic carbocycles. The van der Waals surface area contributed by atoms with Gasteiger partial charge in [-0.05, 0) is 97.5 Å². The summed E-state index contributed by atoms with van der Waals surface area (Å²) in [7, 11) is -2.11. The topological polar surface area (TPSA) is 84.9 Å². The molecule has 0 fully saturated rings. The summed E-state index contributed by atoms with van der Waals surface area (Å²) in [5, 5.41) is 2.86. The van der Waals surface area contributed by atoms with Crippen molar-refractivity contribution in [1.29, 1.82) is 0 Å². The molecule has 0 atom stereocenters. The van der Waals surface area contributed by atoms with E-state index in [9.17, 15) is 13.2 Å². The minimum absolute atomic E-state index is 0.112. The van der Waals surface area contributed by atoms with Gasteiger partial charge in [0.2, 0.25) is 10.0 Å². The SMILES string of the molecule is COc1ccc(S(=O)(=O)N2CCc3ccc(NC(=O)COc4cc(C)cc(C)c4C)cc3C2)cc1. The number of nitrogens with one attached hydrogen (secondary N) is 1. The third-order valence-electron chi connectivity index (χ3n) is 6.29. The maximum Gasteiger partial charge on any atom is 0.262 e. The van der Waals surface area contributed by atoms with Gasteiger partial charge in [-0.2, -0.15) is 4.31 Å². The monoisotopic (exact) mass is 494 g/mol. The number of hydrogen-bond acceptors (Lipinski definition) is 5. The summed E-state index contributed by atoms with van der Waals surface area (Å²) in [6.07, 6.45) is 0.605. The van der Waals surface area contributed by atoms with Crippen LogP contribution in [0.15, 0.2) is 59.5 Å². The van der Waals surface area contributed by atoms with Crippen LogP contribution in [0.3, 0.4) is 0 Å². The zero-order chi connectivity index (χ0) is 25.2. The standard InChI is InChI=1S/C27H30N2O5S/c1-18-13-19(2)20(3)26(14-18)34-17-27(30)28-23-6-5-21-11-12-29(16-22(21)15-23)35(31,32)25-9-7-24(33-4)8-10-25/h5-10,13-15H,11-12,16-17H2,1-4H3,(H,28,30). The summed E-state index contributed by atoms with van der Waals surface area (Å²) in [6.45, 7) is 6.50. The molecule has 184 valence electrons. The lowest BCUT2D eigenvalue weighted by Gasteiger charge is -2.28. The number of anilines is 1. The van der Waals surface area contributed by atoms with Crippen LogP contribution in [-0.4, -0.2) is 38.9 Å². The van der Waals surface area contributed by atoms with Crippen LogP contribution in [0.4, 0.5) is 5.69 Å². The maximum atomic E-state index is 13.2. The molecule has 35 heavy (non-hydrogen) atoms. The number of amides is 1. The highest BCUT2D eigenvalue weighted by molar-refractivity contribution is 7.89. The smallest absolute Gasteiger partial charge is 0.262 e. The van der Waals surface area contributed by atoms with Crippen molar-refractivity contribution in [2.24, 2.45) is 0 Å². The Morgan fingerprint density at radius 3 is 2.46 bits per heavy atom. The Balaban J connectivity index is 1.43. The van der Waals surface area contributed by atoms with Gasteiger partial charge < -0.3 is 14.8 Å². The first-order chi connectivity index (χ1) is 16.7. The van der Waals surface area contributed by atoms with Gasteiger partial charge in [-0.3, -0.25) is 4.79 Å². The van der Waals surface area contributed by atoms with Crippen LogP contribution < -0.4 is 14.8 Å². The number of methoxy groups -OCH3 is 1. The molecule has 4 rings (SSSR count). The molecule has 0 aliphatic carbocycles. The van der Waals surface area contributed by atoms with E-state index in [1.54, 1.807) is 24.3 Å². The Kier molecular flexibility index (Phi) is 7.14. The zero-order valence-corrected chi connectivity index (χ0v) is 21.2. The molecule has 0 unspecified atom stereocenters. The lowest BCUT2D eigenvalue weighted by atomic mass is 10.0. The predicted octanol–water partition coefficient (Wildman–Crippen LogP) is 4.38. The molecule has 0 saturated heterocycles. The fraction of sp³-hybridized carbons (Fsp3) is 0.296. The number of carbonyl (C=O) groups is 1. The molecule has 1 aliphatic rings. The Hall–Kier alpha value is -3.36. The number of hydrogen-bond donors (Lipinski definition) is 1. The molecule has 0 bridgehead atoms. The second-order valence-electron chi connectivity index (χ2n) is 8.79. The number of aryl methyl sites for hydroxylation is 2. The summed E-state index contributed by atoms with van der Waals surface area (Å²) >= 11 is 0. The molecule has 0 radical (unpaired) electrons. The van der Waals surface area contributed by atoms with Crippen molar-refractivity contribution in [3.05, 3.63) is 82.4 Å². The predicted molar refractivity (Wildman–Crippen MR) is 136 cm³/mol. The van der Waals surface area contributed by atoms with Crippen LogP contribution in [0.25, 0.3) is 0 Å². The molecule has 7 nitrogen and oxygen atoms in total. The van der Waals surface area contributed by atoms with Crippen LogP contribution in [0.5, 0.6) is 11.5 Å². The van der Waals surface area contributed by atoms with Gasteiger partial charge in [-0.25, -0.2) is 8.42 Å². The van der Waals surface area contributed by atoms with E-state index in [-0.39, 0.29) is 24.0 Å². The third kappa shape index (κ3) is 5.49. The summed E-state index contributed by atoms with van der Waals surface area (Å²) < 4.78 is 38.7. The molecule has 0 saturated carbocycles. The summed E-state index contributed by atoms with van der Waals surface area (Å²) in [5.41, 5.74) is 5.76. The number of nitrogens with zero attached hydrogens (tertiary/aromatic N) is 1. The van der Waals surface area contributed by atoms with E-state index in [4.69, 9.17) is 9.47 Å². The molecule has 1 amide bonds. The second kappa shape index (κ2) is 10.1. The highest BCUT2D eigenvalue weighted by atomic mass is 32.2. The van der Waals surface area contributed by atoms with E-state index < -0.39 is 10.0 Å². The summed E-state index contributed by atoms with van der Waals surface area (Å²) in [5.74, 6) is 1.02. The normalized spacial score (nSPS) is 13.7. The van der Waals surface area contributed by atoms with E-state index in [2.05, 4.69) is 11.4 Å². The third-order valence-corrected chi connectivity index (χ3v) is 8.15. The molecule has 1 aliphatic heterocycles. The van der Waals surface area contributed by atoms with Gasteiger partial charge in [0, 0.05) is 18.8 Å². The molecule has 1 N–H and O–H groups in total. The van der Waals surface area contributed by atoms with Crippen molar-refractivity contribution in [1.82, 2.24) is 4.31 Å². The first-order valence-corrected chi connectivity index (χ1v) is 12.9. The van der Waals surface area contributed by atoms with E-state index in [0.717, 1.165) is 27.8 Å². The number of ether oxygens (including phenoxy) is 2. The molecule has 8 heteroatoms. The maximum absolute atomic E-state index is 13.2. The Morgan fingerprint density at radius 2 is 1.74 bits per heavy atom. The van der Waals surface area contributed by atoms with Gasteiger partial charge in [0.25, 0.3) is 5.91 Å². The van der Waals surface area contributed by atoms with Crippen LogP contribution in [0.1, 0.15) is 27.8 Å². The number of benzene rings is 3. The average molecular weight is 495 g/mol. The summed E-state index contributed by atoms with van der Waals surface area (Å²) in [4.78, 5) is 12.8. The number of sulfonamides is 1. The number of carbonyl (C=O) groups excluding carboxylic acids is 1. The summed E-state index contributed by atoms with van der Waals surface area (Å²) in [6, 6.07) is 16.0. The van der Waals surface area contributed by atoms with Crippen molar-refractivity contribution in [3.63, 3.8) is 0 Å². The van der Waals surface area contributed by atoms with Crippen molar-refractivity contribution >= 4 is 21.6 Å². The Bertz CT molecular complexity index is 1350. The number of rotatable bonds is 7. The zero-order valence-electron chi connectivity index (χ0n) is 20.4. The van der Waals surface area contributed by atoms with E-state index >= 15 is 0 Å². The molecule has 1 heterocycles. The Labute approximate surface area is 206 Å². The first-order valence-electron chi connectivity index (χ1n) is 11.4. The van der Waals surface area contributed by atoms with Gasteiger partial charge in [0.15, 0.2) is 6.61 Å². The lowest BCUT2D eigenvalue weighted by molar-refractivity contribution is -0.118. The van der Waals surface area contributed by atoms with Crippen LogP contribution in [-0.2, 0) is 27.8 Å². The molecule has 3 aromatic rings. The van der Waals surface area contributed by atoms with Gasteiger partial charge in [0.1, 0.15) is 11.5 Å². The van der Waals surface area contributed by atoms with Gasteiger partial charge in [-0.15, -0.1) is 0 Å². The van der Waals surface area contributed by atoms with E-state index in [0.29, 0.717) is 30.2 Å². The van der Waals surface area contributed by atoms with Crippen molar-refractivity contribution in [3.8, 4) is 11.5 Å². The molecule has 0 aromatic heterocycles. The van der Waals surface area contributed by atoms with Crippen molar-refractivity contribution < 1.29 is 22.7 Å². The molecular formula is C27H30N2O5S. The quantitative estimate of drug-likeness (QED) is 0.527. The lowest BCUT2D eigenvalue weighted by Crippen LogP contribution is -2.36. The first kappa shape index (κ1) is 24.8. The molecular weight excluding hydrogens is 464 g/mol. The fourth-order valence-electron chi connectivity index (χ4n) is 4.20. The fourth-order valence-corrected chi connectivity index (χ4v) is 5.62. The Morgan fingerprint density at radius 1 is 1.00 bits per heavy atom. The van der Waals surface area contributed by atoms with Crippen molar-refractivity contribution in [2.45, 2.75) is 38.6 Å². The largest absolute Gasteiger partial charge is 0.497 e. The van der Waals surface area contributed by atoms with Crippen LogP contribution >= 0.6 is 0 Å². The van der Waals surface area contributed by atoms with E-state index in [1.807, 2.05) is 45.0 Å². The average Bonchev–Trinajstić information content (AvgIpc) is 2.84. The van der Waals surface area contributed by atoms with Crippen molar-refractivity contribution in [2.75, 3.05) is 25.6 Å². The highest BCUT2D eigenvalue weighted by Crippen LogP contribution is 2.28. The molecule has 0 spiro atoms. The second-order valence-corrected chi connectivity index (χ2v) is 10.7. The van der Waals surface area contributed by atoms with Crippen LogP contribution in [0.2, 0.25) is 0 Å². The van der Waals surface area contributed by atoms with Gasteiger partial charge in [-0.1, -0.05) is 12.1 Å². The van der Waals surface area contributed by atoms with Crippen LogP contribution in [0, 0.1) is 20.8 Å². The van der Waals surface area contributed by atoms with E-state index in [1.165, 1.54) is 11.4 Å². The number of fused-ring (bicyclic) bond motifs is 1. The van der Waals surface area contributed by atoms with Gasteiger partial charge in [0.05, 0.1) is 12.0 Å². The highest BCUT2D eigenvalue weighted by Gasteiger charge is 2.28. The minimum atomic E-state index is -3.65.